The Labute approximate surface area is 142 Å². The van der Waals surface area contributed by atoms with Crippen LogP contribution < -0.4 is 5.43 Å². The molecule has 2 heterocycles. The van der Waals surface area contributed by atoms with Gasteiger partial charge in [-0.05, 0) is 30.9 Å². The summed E-state index contributed by atoms with van der Waals surface area (Å²) >= 11 is 3.10. The molecule has 3 aromatic rings. The van der Waals surface area contributed by atoms with Crippen LogP contribution in [0.2, 0.25) is 0 Å². The van der Waals surface area contributed by atoms with Crippen LogP contribution in [0.1, 0.15) is 25.8 Å². The number of nitrogens with zero attached hydrogens (tertiary/aromatic N) is 2. The van der Waals surface area contributed by atoms with E-state index >= 15 is 0 Å². The monoisotopic (exact) mass is 341 g/mol. The number of hydrazone groups is 1. The fourth-order valence-electron chi connectivity index (χ4n) is 2.03. The van der Waals surface area contributed by atoms with Gasteiger partial charge in [-0.15, -0.1) is 22.7 Å². The van der Waals surface area contributed by atoms with Crippen LogP contribution in [0.5, 0.6) is 0 Å². The first-order valence-electron chi connectivity index (χ1n) is 7.05. The van der Waals surface area contributed by atoms with Gasteiger partial charge in [0.15, 0.2) is 0 Å². The molecule has 0 spiro atoms. The zero-order valence-electron chi connectivity index (χ0n) is 12.7. The van der Waals surface area contributed by atoms with Crippen LogP contribution in [0.3, 0.4) is 0 Å². The quantitative estimate of drug-likeness (QED) is 0.570. The minimum absolute atomic E-state index is 0.286. The van der Waals surface area contributed by atoms with Gasteiger partial charge in [0, 0.05) is 15.3 Å². The van der Waals surface area contributed by atoms with Crippen molar-refractivity contribution in [1.82, 2.24) is 10.4 Å². The van der Waals surface area contributed by atoms with Gasteiger partial charge in [0.25, 0.3) is 5.91 Å². The number of thiazole rings is 1. The van der Waals surface area contributed by atoms with Crippen molar-refractivity contribution in [3.63, 3.8) is 0 Å². The van der Waals surface area contributed by atoms with Gasteiger partial charge in [-0.3, -0.25) is 4.79 Å². The summed E-state index contributed by atoms with van der Waals surface area (Å²) in [5.74, 6) is -0.286. The molecule has 0 aliphatic rings. The van der Waals surface area contributed by atoms with Crippen LogP contribution in [0.25, 0.3) is 10.6 Å². The summed E-state index contributed by atoms with van der Waals surface area (Å²) < 4.78 is 0. The second-order valence-electron chi connectivity index (χ2n) is 4.96. The molecular weight excluding hydrogens is 326 g/mol. The fourth-order valence-corrected chi connectivity index (χ4v) is 3.73. The fraction of sp³-hybridized carbons (Fsp3) is 0.118. The molecule has 4 nitrogen and oxygen atoms in total. The molecule has 0 unspecified atom stereocenters. The number of amides is 1. The lowest BCUT2D eigenvalue weighted by Crippen LogP contribution is -2.18. The molecule has 3 rings (SSSR count). The molecule has 0 fully saturated rings. The molecule has 0 saturated heterocycles. The molecule has 23 heavy (non-hydrogen) atoms. The maximum absolute atomic E-state index is 12.2. The Bertz CT molecular complexity index is 850. The van der Waals surface area contributed by atoms with Crippen LogP contribution in [-0.2, 0) is 0 Å². The lowest BCUT2D eigenvalue weighted by Gasteiger charge is -1.97. The molecule has 116 valence electrons. The predicted molar refractivity (Wildman–Crippen MR) is 96.4 cm³/mol. The van der Waals surface area contributed by atoms with E-state index in [0.29, 0.717) is 5.69 Å². The highest BCUT2D eigenvalue weighted by atomic mass is 32.1. The number of hydrogen-bond acceptors (Lipinski definition) is 5. The summed E-state index contributed by atoms with van der Waals surface area (Å²) in [6, 6.07) is 11.9. The van der Waals surface area contributed by atoms with Crippen molar-refractivity contribution in [3.05, 3.63) is 62.8 Å². The Balaban J connectivity index is 1.74. The standard InChI is InChI=1S/C17H15N3OS2/c1-11-8-9-22-14(11)10-18-20-16(21)15-12(2)23-17(19-15)13-6-4-3-5-7-13/h3-10H,1-2H3,(H,20,21)/b18-10-. The van der Waals surface area contributed by atoms with Gasteiger partial charge < -0.3 is 0 Å². The number of carbonyl (C=O) groups is 1. The molecule has 0 atom stereocenters. The van der Waals surface area contributed by atoms with Gasteiger partial charge in [0.05, 0.1) is 6.21 Å². The summed E-state index contributed by atoms with van der Waals surface area (Å²) in [5.41, 5.74) is 5.13. The van der Waals surface area contributed by atoms with Gasteiger partial charge >= 0.3 is 0 Å². The normalized spacial score (nSPS) is 11.0. The number of carbonyl (C=O) groups excluding carboxylic acids is 1. The third-order valence-corrected chi connectivity index (χ3v) is 5.26. The second kappa shape index (κ2) is 6.85. The highest BCUT2D eigenvalue weighted by molar-refractivity contribution is 7.15. The first kappa shape index (κ1) is 15.6. The largest absolute Gasteiger partial charge is 0.291 e. The Morgan fingerprint density at radius 1 is 1.22 bits per heavy atom. The van der Waals surface area contributed by atoms with Crippen molar-refractivity contribution in [2.45, 2.75) is 13.8 Å². The maximum atomic E-state index is 12.2. The van der Waals surface area contributed by atoms with Crippen molar-refractivity contribution in [2.24, 2.45) is 5.10 Å². The summed E-state index contributed by atoms with van der Waals surface area (Å²) in [5, 5.41) is 6.86. The smallest absolute Gasteiger partial charge is 0.266 e. The molecule has 1 amide bonds. The SMILES string of the molecule is Cc1ccsc1/C=N\NC(=O)c1nc(-c2ccccc2)sc1C. The van der Waals surface area contributed by atoms with Crippen LogP contribution in [0, 0.1) is 13.8 Å². The summed E-state index contributed by atoms with van der Waals surface area (Å²) in [7, 11) is 0. The van der Waals surface area contributed by atoms with Gasteiger partial charge in [0.1, 0.15) is 10.7 Å². The summed E-state index contributed by atoms with van der Waals surface area (Å²) in [4.78, 5) is 18.6. The van der Waals surface area contributed by atoms with Crippen molar-refractivity contribution < 1.29 is 4.79 Å². The van der Waals surface area contributed by atoms with Crippen LogP contribution in [0.15, 0.2) is 46.9 Å². The van der Waals surface area contributed by atoms with Crippen LogP contribution >= 0.6 is 22.7 Å². The minimum Gasteiger partial charge on any atom is -0.266 e. The molecule has 2 aromatic heterocycles. The van der Waals surface area contributed by atoms with E-state index in [4.69, 9.17) is 0 Å². The van der Waals surface area contributed by atoms with E-state index in [9.17, 15) is 4.79 Å². The topological polar surface area (TPSA) is 54.4 Å². The third-order valence-electron chi connectivity index (χ3n) is 3.28. The molecule has 1 aromatic carbocycles. The van der Waals surface area contributed by atoms with E-state index in [2.05, 4.69) is 15.5 Å². The second-order valence-corrected chi connectivity index (χ2v) is 7.11. The van der Waals surface area contributed by atoms with Crippen LogP contribution in [-0.4, -0.2) is 17.1 Å². The van der Waals surface area contributed by atoms with Gasteiger partial charge in [-0.2, -0.15) is 5.10 Å². The predicted octanol–water partition coefficient (Wildman–Crippen LogP) is 4.25. The average Bonchev–Trinajstić information content (AvgIpc) is 3.14. The highest BCUT2D eigenvalue weighted by Crippen LogP contribution is 2.27. The Morgan fingerprint density at radius 2 is 2.00 bits per heavy atom. The molecule has 0 saturated carbocycles. The first-order valence-corrected chi connectivity index (χ1v) is 8.75. The van der Waals surface area contributed by atoms with Gasteiger partial charge in [0.2, 0.25) is 0 Å². The molecule has 6 heteroatoms. The third kappa shape index (κ3) is 3.55. The Morgan fingerprint density at radius 3 is 2.70 bits per heavy atom. The van der Waals surface area contributed by atoms with Crippen molar-refractivity contribution in [3.8, 4) is 10.6 Å². The minimum atomic E-state index is -0.286. The van der Waals surface area contributed by atoms with Crippen LogP contribution in [0.4, 0.5) is 0 Å². The van der Waals surface area contributed by atoms with E-state index < -0.39 is 0 Å². The molecular formula is C17H15N3OS2. The highest BCUT2D eigenvalue weighted by Gasteiger charge is 2.15. The number of thiophene rings is 1. The van der Waals surface area contributed by atoms with E-state index in [0.717, 1.165) is 25.9 Å². The lowest BCUT2D eigenvalue weighted by atomic mass is 10.2. The maximum Gasteiger partial charge on any atom is 0.291 e. The molecule has 0 bridgehead atoms. The number of hydrogen-bond donors (Lipinski definition) is 1. The molecule has 0 aliphatic heterocycles. The summed E-state index contributed by atoms with van der Waals surface area (Å²) in [6.45, 7) is 3.91. The molecule has 1 N–H and O–H groups in total. The van der Waals surface area contributed by atoms with Crippen molar-refractivity contribution >= 4 is 34.8 Å². The van der Waals surface area contributed by atoms with E-state index in [1.165, 1.54) is 11.3 Å². The van der Waals surface area contributed by atoms with Crippen molar-refractivity contribution in [1.29, 1.82) is 0 Å². The van der Waals surface area contributed by atoms with E-state index in [1.807, 2.05) is 55.6 Å². The zero-order valence-corrected chi connectivity index (χ0v) is 14.4. The Hall–Kier alpha value is -2.31. The number of aryl methyl sites for hydroxylation is 2. The number of aromatic nitrogens is 1. The Kier molecular flexibility index (Phi) is 4.64. The number of rotatable bonds is 4. The molecule has 0 aliphatic carbocycles. The number of nitrogens with one attached hydrogen (secondary N) is 1. The van der Waals surface area contributed by atoms with E-state index in [-0.39, 0.29) is 5.91 Å². The van der Waals surface area contributed by atoms with E-state index in [1.54, 1.807) is 17.6 Å². The summed E-state index contributed by atoms with van der Waals surface area (Å²) in [6.07, 6.45) is 1.66. The van der Waals surface area contributed by atoms with Crippen molar-refractivity contribution in [2.75, 3.05) is 0 Å². The first-order chi connectivity index (χ1) is 11.1. The lowest BCUT2D eigenvalue weighted by molar-refractivity contribution is 0.0950. The van der Waals surface area contributed by atoms with Gasteiger partial charge in [-0.1, -0.05) is 30.3 Å². The average molecular weight is 341 g/mol. The number of benzene rings is 1. The molecule has 0 radical (unpaired) electrons. The zero-order chi connectivity index (χ0) is 16.2. The van der Waals surface area contributed by atoms with Gasteiger partial charge in [-0.25, -0.2) is 10.4 Å².